The second-order valence-corrected chi connectivity index (χ2v) is 5.78. The van der Waals surface area contributed by atoms with Crippen LogP contribution in [0.3, 0.4) is 0 Å². The number of hydrogen-bond donors (Lipinski definition) is 1. The molecule has 0 bridgehead atoms. The van der Waals surface area contributed by atoms with Crippen molar-refractivity contribution in [3.8, 4) is 6.07 Å². The Morgan fingerprint density at radius 1 is 1.64 bits per heavy atom. The molecule has 1 N–H and O–H groups in total. The maximum atomic E-state index is 11.5. The molecule has 80 valence electrons. The molecule has 0 aliphatic carbocycles. The van der Waals surface area contributed by atoms with Gasteiger partial charge in [0.05, 0.1) is 18.2 Å². The fourth-order valence-corrected chi connectivity index (χ4v) is 2.41. The van der Waals surface area contributed by atoms with Crippen molar-refractivity contribution >= 4 is 10.0 Å². The van der Waals surface area contributed by atoms with Crippen molar-refractivity contribution in [2.45, 2.75) is 31.1 Å². The largest absolute Gasteiger partial charge is 0.379 e. The van der Waals surface area contributed by atoms with Gasteiger partial charge in [-0.05, 0) is 20.3 Å². The zero-order valence-corrected chi connectivity index (χ0v) is 9.10. The molecule has 5 nitrogen and oxygen atoms in total. The van der Waals surface area contributed by atoms with E-state index < -0.39 is 20.8 Å². The summed E-state index contributed by atoms with van der Waals surface area (Å²) in [7, 11) is -3.54. The van der Waals surface area contributed by atoms with Crippen LogP contribution in [-0.4, -0.2) is 32.4 Å². The minimum Gasteiger partial charge on any atom is -0.379 e. The molecule has 2 atom stereocenters. The lowest BCUT2D eigenvalue weighted by molar-refractivity contribution is 0.178. The third kappa shape index (κ3) is 2.44. The second-order valence-electron chi connectivity index (χ2n) is 3.78. The highest BCUT2D eigenvalue weighted by Crippen LogP contribution is 2.19. The van der Waals surface area contributed by atoms with Gasteiger partial charge < -0.3 is 4.74 Å². The Labute approximate surface area is 84.1 Å². The average molecular weight is 218 g/mol. The van der Waals surface area contributed by atoms with E-state index in [0.29, 0.717) is 19.6 Å². The number of hydrogen-bond acceptors (Lipinski definition) is 4. The SMILES string of the molecule is CC(C#N)S(=O)(=O)NC1(C)CCOC1. The molecule has 2 unspecified atom stereocenters. The summed E-state index contributed by atoms with van der Waals surface area (Å²) in [4.78, 5) is 0. The first-order chi connectivity index (χ1) is 6.40. The van der Waals surface area contributed by atoms with Crippen LogP contribution in [0.4, 0.5) is 0 Å². The summed E-state index contributed by atoms with van der Waals surface area (Å²) in [5, 5.41) is 7.50. The van der Waals surface area contributed by atoms with Crippen LogP contribution in [-0.2, 0) is 14.8 Å². The highest BCUT2D eigenvalue weighted by Gasteiger charge is 2.35. The van der Waals surface area contributed by atoms with E-state index in [1.807, 2.05) is 0 Å². The van der Waals surface area contributed by atoms with Crippen molar-refractivity contribution in [1.82, 2.24) is 4.72 Å². The zero-order chi connectivity index (χ0) is 10.8. The summed E-state index contributed by atoms with van der Waals surface area (Å²) in [6.07, 6.45) is 0.643. The van der Waals surface area contributed by atoms with E-state index in [4.69, 9.17) is 10.00 Å². The summed E-state index contributed by atoms with van der Waals surface area (Å²) >= 11 is 0. The van der Waals surface area contributed by atoms with Gasteiger partial charge in [-0.3, -0.25) is 0 Å². The van der Waals surface area contributed by atoms with Crippen LogP contribution in [0.25, 0.3) is 0 Å². The van der Waals surface area contributed by atoms with Gasteiger partial charge in [0, 0.05) is 6.61 Å². The molecule has 0 radical (unpaired) electrons. The molecule has 1 rings (SSSR count). The van der Waals surface area contributed by atoms with E-state index in [2.05, 4.69) is 4.72 Å². The summed E-state index contributed by atoms with van der Waals surface area (Å²) in [6, 6.07) is 1.71. The van der Waals surface area contributed by atoms with Gasteiger partial charge in [0.2, 0.25) is 10.0 Å². The van der Waals surface area contributed by atoms with E-state index in [0.717, 1.165) is 0 Å². The molecule has 6 heteroatoms. The molecule has 0 spiro atoms. The molecule has 1 fully saturated rings. The van der Waals surface area contributed by atoms with Crippen molar-refractivity contribution in [1.29, 1.82) is 5.26 Å². The quantitative estimate of drug-likeness (QED) is 0.723. The third-order valence-electron chi connectivity index (χ3n) is 2.25. The number of rotatable bonds is 3. The maximum absolute atomic E-state index is 11.5. The lowest BCUT2D eigenvalue weighted by atomic mass is 10.0. The molecule has 14 heavy (non-hydrogen) atoms. The molecule has 1 saturated heterocycles. The first-order valence-corrected chi connectivity index (χ1v) is 5.94. The van der Waals surface area contributed by atoms with Crippen molar-refractivity contribution in [2.75, 3.05) is 13.2 Å². The molecule has 0 aromatic rings. The predicted molar refractivity (Wildman–Crippen MR) is 51.0 cm³/mol. The molecule has 0 aromatic carbocycles. The van der Waals surface area contributed by atoms with Crippen LogP contribution in [0, 0.1) is 11.3 Å². The topological polar surface area (TPSA) is 79.2 Å². The first kappa shape index (κ1) is 11.4. The van der Waals surface area contributed by atoms with Gasteiger partial charge in [-0.15, -0.1) is 0 Å². The molecule has 1 heterocycles. The van der Waals surface area contributed by atoms with Gasteiger partial charge >= 0.3 is 0 Å². The Hall–Kier alpha value is -0.640. The normalized spacial score (nSPS) is 29.8. The Morgan fingerprint density at radius 2 is 2.29 bits per heavy atom. The fraction of sp³-hybridized carbons (Fsp3) is 0.875. The average Bonchev–Trinajstić information content (AvgIpc) is 2.49. The Balaban J connectivity index is 2.73. The summed E-state index contributed by atoms with van der Waals surface area (Å²) in [5.74, 6) is 0. The third-order valence-corrected chi connectivity index (χ3v) is 4.07. The summed E-state index contributed by atoms with van der Waals surface area (Å²) in [5.41, 5.74) is -0.552. The Bertz CT molecular complexity index is 338. The number of sulfonamides is 1. The minimum atomic E-state index is -3.54. The van der Waals surface area contributed by atoms with Crippen LogP contribution in [0.2, 0.25) is 0 Å². The van der Waals surface area contributed by atoms with Crippen molar-refractivity contribution < 1.29 is 13.2 Å². The molecule has 1 aliphatic rings. The molecule has 0 amide bonds. The van der Waals surface area contributed by atoms with E-state index in [-0.39, 0.29) is 0 Å². The first-order valence-electron chi connectivity index (χ1n) is 4.40. The highest BCUT2D eigenvalue weighted by molar-refractivity contribution is 7.90. The minimum absolute atomic E-state index is 0.365. The van der Waals surface area contributed by atoms with E-state index in [9.17, 15) is 8.42 Å². The monoisotopic (exact) mass is 218 g/mol. The van der Waals surface area contributed by atoms with Gasteiger partial charge in [0.1, 0.15) is 0 Å². The van der Waals surface area contributed by atoms with Gasteiger partial charge in [-0.1, -0.05) is 0 Å². The van der Waals surface area contributed by atoms with Crippen LogP contribution < -0.4 is 4.72 Å². The number of nitrogens with zero attached hydrogens (tertiary/aromatic N) is 1. The van der Waals surface area contributed by atoms with Crippen LogP contribution >= 0.6 is 0 Å². The van der Waals surface area contributed by atoms with Crippen LogP contribution in [0.5, 0.6) is 0 Å². The van der Waals surface area contributed by atoms with Gasteiger partial charge in [0.15, 0.2) is 5.25 Å². The van der Waals surface area contributed by atoms with Crippen LogP contribution in [0.1, 0.15) is 20.3 Å². The van der Waals surface area contributed by atoms with Crippen LogP contribution in [0.15, 0.2) is 0 Å². The van der Waals surface area contributed by atoms with Crippen molar-refractivity contribution in [3.05, 3.63) is 0 Å². The molecular weight excluding hydrogens is 204 g/mol. The lowest BCUT2D eigenvalue weighted by Crippen LogP contribution is -2.49. The lowest BCUT2D eigenvalue weighted by Gasteiger charge is -2.23. The summed E-state index contributed by atoms with van der Waals surface area (Å²) in [6.45, 7) is 4.06. The Kier molecular flexibility index (Phi) is 3.14. The fourth-order valence-electron chi connectivity index (χ4n) is 1.25. The zero-order valence-electron chi connectivity index (χ0n) is 8.28. The van der Waals surface area contributed by atoms with Crippen molar-refractivity contribution in [3.63, 3.8) is 0 Å². The highest BCUT2D eigenvalue weighted by atomic mass is 32.2. The molecule has 1 aliphatic heterocycles. The molecular formula is C8H14N2O3S. The summed E-state index contributed by atoms with van der Waals surface area (Å²) < 4.78 is 30.7. The van der Waals surface area contributed by atoms with Gasteiger partial charge in [-0.2, -0.15) is 5.26 Å². The van der Waals surface area contributed by atoms with E-state index >= 15 is 0 Å². The molecule has 0 saturated carbocycles. The number of nitriles is 1. The number of nitrogens with one attached hydrogen (secondary N) is 1. The van der Waals surface area contributed by atoms with Gasteiger partial charge in [0.25, 0.3) is 0 Å². The van der Waals surface area contributed by atoms with Gasteiger partial charge in [-0.25, -0.2) is 13.1 Å². The smallest absolute Gasteiger partial charge is 0.228 e. The maximum Gasteiger partial charge on any atom is 0.228 e. The molecule has 0 aromatic heterocycles. The number of ether oxygens (including phenoxy) is 1. The predicted octanol–water partition coefficient (Wildman–Crippen LogP) is -0.00312. The standard InChI is InChI=1S/C8H14N2O3S/c1-7(5-9)14(11,12)10-8(2)3-4-13-6-8/h7,10H,3-4,6H2,1-2H3. The van der Waals surface area contributed by atoms with E-state index in [1.165, 1.54) is 6.92 Å². The van der Waals surface area contributed by atoms with Crippen molar-refractivity contribution in [2.24, 2.45) is 0 Å². The van der Waals surface area contributed by atoms with E-state index in [1.54, 1.807) is 13.0 Å². The Morgan fingerprint density at radius 3 is 2.71 bits per heavy atom. The second kappa shape index (κ2) is 3.85.